The van der Waals surface area contributed by atoms with Crippen LogP contribution in [0.5, 0.6) is 11.5 Å². The van der Waals surface area contributed by atoms with E-state index < -0.39 is 0 Å². The fraction of sp³-hybridized carbons (Fsp3) is 0.500. The number of amides is 1. The third-order valence-electron chi connectivity index (χ3n) is 2.92. The molecule has 106 valence electrons. The van der Waals surface area contributed by atoms with Crippen molar-refractivity contribution >= 4 is 11.6 Å². The van der Waals surface area contributed by atoms with E-state index in [2.05, 4.69) is 5.32 Å². The van der Waals surface area contributed by atoms with Crippen LogP contribution in [-0.2, 0) is 4.79 Å². The van der Waals surface area contributed by atoms with Crippen LogP contribution in [0.25, 0.3) is 0 Å². The molecule has 0 unspecified atom stereocenters. The molecule has 0 saturated heterocycles. The van der Waals surface area contributed by atoms with Crippen molar-refractivity contribution in [3.63, 3.8) is 0 Å². The third kappa shape index (κ3) is 4.69. The summed E-state index contributed by atoms with van der Waals surface area (Å²) >= 11 is 0. The Hall–Kier alpha value is -1.91. The summed E-state index contributed by atoms with van der Waals surface area (Å²) in [5.41, 5.74) is 6.24. The van der Waals surface area contributed by atoms with Crippen LogP contribution in [0, 0.1) is 0 Å². The number of ether oxygens (including phenoxy) is 2. The van der Waals surface area contributed by atoms with Gasteiger partial charge in [-0.2, -0.15) is 0 Å². The first-order valence-corrected chi connectivity index (χ1v) is 6.46. The Morgan fingerprint density at radius 2 is 2.05 bits per heavy atom. The van der Waals surface area contributed by atoms with E-state index in [4.69, 9.17) is 15.2 Å². The van der Waals surface area contributed by atoms with Gasteiger partial charge in [0.1, 0.15) is 11.5 Å². The molecule has 0 aromatic heterocycles. The highest BCUT2D eigenvalue weighted by atomic mass is 16.5. The molecule has 1 aromatic carbocycles. The van der Waals surface area contributed by atoms with Crippen molar-refractivity contribution in [1.29, 1.82) is 0 Å². The van der Waals surface area contributed by atoms with Crippen LogP contribution in [-0.4, -0.2) is 25.7 Å². The normalized spacial score (nSPS) is 10.3. The maximum absolute atomic E-state index is 11.7. The van der Waals surface area contributed by atoms with E-state index in [0.717, 1.165) is 12.8 Å². The van der Waals surface area contributed by atoms with Gasteiger partial charge < -0.3 is 20.5 Å². The molecule has 0 aliphatic rings. The van der Waals surface area contributed by atoms with E-state index in [1.807, 2.05) is 13.8 Å². The summed E-state index contributed by atoms with van der Waals surface area (Å²) in [6, 6.07) is 5.28. The van der Waals surface area contributed by atoms with Crippen LogP contribution < -0.4 is 20.5 Å². The first-order valence-electron chi connectivity index (χ1n) is 6.46. The summed E-state index contributed by atoms with van der Waals surface area (Å²) in [7, 11) is 1.55. The van der Waals surface area contributed by atoms with Gasteiger partial charge in [-0.15, -0.1) is 0 Å². The summed E-state index contributed by atoms with van der Waals surface area (Å²) in [4.78, 5) is 11.7. The first-order chi connectivity index (χ1) is 9.10. The molecular weight excluding hydrogens is 244 g/mol. The number of nitrogens with one attached hydrogen (secondary N) is 1. The van der Waals surface area contributed by atoms with Crippen molar-refractivity contribution in [1.82, 2.24) is 5.32 Å². The van der Waals surface area contributed by atoms with Crippen molar-refractivity contribution in [2.45, 2.75) is 32.7 Å². The number of nitrogen functional groups attached to an aromatic ring is 1. The summed E-state index contributed by atoms with van der Waals surface area (Å²) in [6.07, 6.45) is 1.83. The summed E-state index contributed by atoms with van der Waals surface area (Å²) in [5, 5.41) is 2.90. The topological polar surface area (TPSA) is 73.6 Å². The predicted molar refractivity (Wildman–Crippen MR) is 75.4 cm³/mol. The largest absolute Gasteiger partial charge is 0.495 e. The van der Waals surface area contributed by atoms with E-state index in [-0.39, 0.29) is 18.6 Å². The minimum Gasteiger partial charge on any atom is -0.495 e. The van der Waals surface area contributed by atoms with Crippen molar-refractivity contribution < 1.29 is 14.3 Å². The number of methoxy groups -OCH3 is 1. The second-order valence-corrected chi connectivity index (χ2v) is 4.27. The molecule has 0 heterocycles. The molecule has 0 spiro atoms. The Kier molecular flexibility index (Phi) is 5.99. The lowest BCUT2D eigenvalue weighted by Gasteiger charge is -2.15. The molecule has 19 heavy (non-hydrogen) atoms. The van der Waals surface area contributed by atoms with Gasteiger partial charge in [0.2, 0.25) is 0 Å². The molecule has 0 radical (unpaired) electrons. The van der Waals surface area contributed by atoms with Gasteiger partial charge in [-0.25, -0.2) is 0 Å². The number of hydrogen-bond donors (Lipinski definition) is 2. The minimum absolute atomic E-state index is 0.0116. The summed E-state index contributed by atoms with van der Waals surface area (Å²) < 4.78 is 10.4. The van der Waals surface area contributed by atoms with Crippen LogP contribution in [0.2, 0.25) is 0 Å². The smallest absolute Gasteiger partial charge is 0.258 e. The zero-order chi connectivity index (χ0) is 14.3. The van der Waals surface area contributed by atoms with Gasteiger partial charge in [0.15, 0.2) is 6.61 Å². The number of hydrogen-bond acceptors (Lipinski definition) is 4. The lowest BCUT2D eigenvalue weighted by Crippen LogP contribution is -2.37. The monoisotopic (exact) mass is 266 g/mol. The molecule has 0 aliphatic heterocycles. The SMILES string of the molecule is CCC(CC)NC(=O)COc1ccc(OC)c(N)c1. The van der Waals surface area contributed by atoms with Crippen LogP contribution in [0.3, 0.4) is 0 Å². The number of carbonyl (C=O) groups excluding carboxylic acids is 1. The Balaban J connectivity index is 2.48. The molecule has 0 fully saturated rings. The maximum Gasteiger partial charge on any atom is 0.258 e. The molecule has 5 nitrogen and oxygen atoms in total. The van der Waals surface area contributed by atoms with Crippen molar-refractivity contribution in [3.05, 3.63) is 18.2 Å². The van der Waals surface area contributed by atoms with Gasteiger partial charge in [0, 0.05) is 12.1 Å². The van der Waals surface area contributed by atoms with Crippen LogP contribution in [0.1, 0.15) is 26.7 Å². The van der Waals surface area contributed by atoms with Crippen LogP contribution >= 0.6 is 0 Å². The second-order valence-electron chi connectivity index (χ2n) is 4.27. The van der Waals surface area contributed by atoms with Crippen LogP contribution in [0.15, 0.2) is 18.2 Å². The van der Waals surface area contributed by atoms with Crippen molar-refractivity contribution in [2.24, 2.45) is 0 Å². The molecule has 5 heteroatoms. The lowest BCUT2D eigenvalue weighted by molar-refractivity contribution is -0.123. The van der Waals surface area contributed by atoms with Crippen molar-refractivity contribution in [3.8, 4) is 11.5 Å². The van der Waals surface area contributed by atoms with E-state index in [1.165, 1.54) is 0 Å². The summed E-state index contributed by atoms with van der Waals surface area (Å²) in [5.74, 6) is 1.02. The summed E-state index contributed by atoms with van der Waals surface area (Å²) in [6.45, 7) is 4.07. The third-order valence-corrected chi connectivity index (χ3v) is 2.92. The van der Waals surface area contributed by atoms with E-state index >= 15 is 0 Å². The van der Waals surface area contributed by atoms with Crippen LogP contribution in [0.4, 0.5) is 5.69 Å². The number of benzene rings is 1. The number of nitrogens with two attached hydrogens (primary N) is 1. The number of carbonyl (C=O) groups is 1. The number of anilines is 1. The Morgan fingerprint density at radius 1 is 1.37 bits per heavy atom. The van der Waals surface area contributed by atoms with Gasteiger partial charge in [-0.3, -0.25) is 4.79 Å². The quantitative estimate of drug-likeness (QED) is 0.740. The fourth-order valence-electron chi connectivity index (χ4n) is 1.71. The highest BCUT2D eigenvalue weighted by molar-refractivity contribution is 5.77. The average molecular weight is 266 g/mol. The lowest BCUT2D eigenvalue weighted by atomic mass is 10.2. The zero-order valence-corrected chi connectivity index (χ0v) is 11.7. The highest BCUT2D eigenvalue weighted by Gasteiger charge is 2.09. The van der Waals surface area contributed by atoms with Gasteiger partial charge in [-0.05, 0) is 25.0 Å². The average Bonchev–Trinajstić information content (AvgIpc) is 2.42. The zero-order valence-electron chi connectivity index (χ0n) is 11.7. The molecule has 0 bridgehead atoms. The fourth-order valence-corrected chi connectivity index (χ4v) is 1.71. The van der Waals surface area contributed by atoms with Gasteiger partial charge in [-0.1, -0.05) is 13.8 Å². The van der Waals surface area contributed by atoms with E-state index in [1.54, 1.807) is 25.3 Å². The van der Waals surface area contributed by atoms with Gasteiger partial charge in [0.05, 0.1) is 12.8 Å². The van der Waals surface area contributed by atoms with Crippen molar-refractivity contribution in [2.75, 3.05) is 19.5 Å². The molecular formula is C14H22N2O3. The molecule has 0 atom stereocenters. The Labute approximate surface area is 114 Å². The molecule has 1 amide bonds. The molecule has 1 rings (SSSR count). The van der Waals surface area contributed by atoms with Gasteiger partial charge >= 0.3 is 0 Å². The molecule has 0 aliphatic carbocycles. The van der Waals surface area contributed by atoms with E-state index in [9.17, 15) is 4.79 Å². The standard InChI is InChI=1S/C14H22N2O3/c1-4-10(5-2)16-14(17)9-19-11-6-7-13(18-3)12(15)8-11/h6-8,10H,4-5,9,15H2,1-3H3,(H,16,17). The Morgan fingerprint density at radius 3 is 2.58 bits per heavy atom. The number of rotatable bonds is 7. The second kappa shape index (κ2) is 7.51. The van der Waals surface area contributed by atoms with Gasteiger partial charge in [0.25, 0.3) is 5.91 Å². The molecule has 3 N–H and O–H groups in total. The van der Waals surface area contributed by atoms with E-state index in [0.29, 0.717) is 17.2 Å². The molecule has 0 saturated carbocycles. The highest BCUT2D eigenvalue weighted by Crippen LogP contribution is 2.25. The molecule has 1 aromatic rings. The maximum atomic E-state index is 11.7. The first kappa shape index (κ1) is 15.1. The minimum atomic E-state index is -0.122. The predicted octanol–water partition coefficient (Wildman–Crippen LogP) is 1.96. The Bertz CT molecular complexity index is 417.